The number of rotatable bonds is 5. The second-order valence-corrected chi connectivity index (χ2v) is 2.64. The number of para-hydroxylation sites is 1. The van der Waals surface area contributed by atoms with E-state index in [1.54, 1.807) is 0 Å². The summed E-state index contributed by atoms with van der Waals surface area (Å²) in [6.45, 7) is 3.67. The summed E-state index contributed by atoms with van der Waals surface area (Å²) in [5.41, 5.74) is 1.09. The lowest BCUT2D eigenvalue weighted by Crippen LogP contribution is -1.87. The van der Waals surface area contributed by atoms with E-state index in [0.717, 1.165) is 36.7 Å². The van der Waals surface area contributed by atoms with Gasteiger partial charge in [-0.2, -0.15) is 0 Å². The molecule has 0 saturated carbocycles. The molecule has 0 heterocycles. The third kappa shape index (κ3) is 2.34. The van der Waals surface area contributed by atoms with Gasteiger partial charge in [-0.15, -0.1) is 6.58 Å². The summed E-state index contributed by atoms with van der Waals surface area (Å²) in [5.74, 6) is 0.802. The summed E-state index contributed by atoms with van der Waals surface area (Å²) in [6.07, 6.45) is 2.62. The molecule has 0 bridgehead atoms. The van der Waals surface area contributed by atoms with Crippen LogP contribution in [0.1, 0.15) is 5.56 Å². The summed E-state index contributed by atoms with van der Waals surface area (Å²) in [5, 5.41) is 0. The Hall–Kier alpha value is -0.825. The van der Waals surface area contributed by atoms with E-state index in [1.807, 2.05) is 30.3 Å². The van der Waals surface area contributed by atoms with Gasteiger partial charge in [0.25, 0.3) is 0 Å². The summed E-state index contributed by atoms with van der Waals surface area (Å²) < 4.78 is 12.1. The van der Waals surface area contributed by atoms with Crippen LogP contribution in [0.25, 0.3) is 0 Å². The first kappa shape index (κ1) is 7.81. The molecule has 0 atom stereocenters. The topological polar surface area (TPSA) is 9.23 Å². The highest BCUT2D eigenvalue weighted by molar-refractivity contribution is 8.16. The average Bonchev–Trinajstić information content (AvgIpc) is 2.17. The Kier molecular flexibility index (Phi) is 3.21. The molecule has 61 valence electrons. The van der Waals surface area contributed by atoms with Gasteiger partial charge in [0, 0.05) is 0 Å². The molecule has 0 aliphatic heterocycles. The van der Waals surface area contributed by atoms with E-state index < -0.39 is 0 Å². The van der Waals surface area contributed by atoms with E-state index in [4.69, 9.17) is 5.52 Å². The lowest BCUT2D eigenvalue weighted by molar-refractivity contribution is 0.646. The number of hydrogen-bond donors (Lipinski definition) is 0. The minimum Gasteiger partial charge on any atom is -0.439 e. The monoisotopic (exact) mass is 179 g/mol. The first-order valence-corrected chi connectivity index (χ1v) is 4.41. The fourth-order valence-electron chi connectivity index (χ4n) is 0.961. The van der Waals surface area contributed by atoms with Crippen LogP contribution in [-0.2, 0) is 6.42 Å². The lowest BCUT2D eigenvalue weighted by atomic mass is 10.1. The minimum absolute atomic E-state index is 0.786. The molecule has 0 N–H and O–H groups in total. The van der Waals surface area contributed by atoms with Crippen LogP contribution in [0.5, 0.6) is 5.75 Å². The summed E-state index contributed by atoms with van der Waals surface area (Å²) >= 11 is 1.01. The Morgan fingerprint density at radius 1 is 1.67 bits per heavy atom. The molecule has 0 aromatic heterocycles. The first-order chi connectivity index (χ1) is 6.38. The van der Waals surface area contributed by atoms with Crippen molar-refractivity contribution in [3.8, 4) is 5.75 Å². The molecule has 1 radical (unpaired) electrons. The molecule has 3 heteroatoms. The quantitative estimate of drug-likeness (QED) is 0.389. The molecule has 0 fully saturated rings. The van der Waals surface area contributed by atoms with E-state index in [-0.39, 0.29) is 0 Å². The molecular formula is C9H10BOS. The molecule has 0 aliphatic carbocycles. The Morgan fingerprint density at radius 2 is 2.50 bits per heavy atom. The zero-order chi connectivity index (χ0) is 9.52. The minimum atomic E-state index is 0.786. The fraction of sp³-hybridized carbons (Fsp3) is 0.111. The molecular weight excluding hydrogens is 167 g/mol. The fourth-order valence-corrected chi connectivity index (χ4v) is 1.23. The van der Waals surface area contributed by atoms with Gasteiger partial charge in [-0.05, 0) is 31.3 Å². The summed E-state index contributed by atoms with van der Waals surface area (Å²) in [4.78, 5) is 0. The first-order valence-electron chi connectivity index (χ1n) is 4.18. The summed E-state index contributed by atoms with van der Waals surface area (Å²) in [7, 11) is 1.16. The lowest BCUT2D eigenvalue weighted by Gasteiger charge is -2.05. The van der Waals surface area contributed by atoms with Gasteiger partial charge in [0.15, 0.2) is 0 Å². The second kappa shape index (κ2) is 4.93. The average molecular weight is 179 g/mol. The molecule has 0 saturated heterocycles. The SMILES string of the molecule is [3H][B]SOc1ccccc1CC=C. The molecule has 0 unspecified atom stereocenters. The maximum Gasteiger partial charge on any atom is 0.227 e. The predicted octanol–water partition coefficient (Wildman–Crippen LogP) is 2.26. The van der Waals surface area contributed by atoms with Crippen LogP contribution in [-0.4, -0.2) is 8.42 Å². The Balaban J connectivity index is 2.71. The number of hydrogen-bond acceptors (Lipinski definition) is 2. The molecule has 12 heavy (non-hydrogen) atoms. The van der Waals surface area contributed by atoms with Crippen molar-refractivity contribution in [3.05, 3.63) is 42.5 Å². The van der Waals surface area contributed by atoms with Crippen LogP contribution in [0.4, 0.5) is 0 Å². The van der Waals surface area contributed by atoms with Crippen LogP contribution in [0.15, 0.2) is 36.9 Å². The van der Waals surface area contributed by atoms with Crippen molar-refractivity contribution in [2.24, 2.45) is 0 Å². The van der Waals surface area contributed by atoms with Crippen LogP contribution < -0.4 is 4.18 Å². The molecule has 1 rings (SSSR count). The van der Waals surface area contributed by atoms with Crippen LogP contribution >= 0.6 is 11.9 Å². The Bertz CT molecular complexity index is 280. The van der Waals surface area contributed by atoms with Crippen molar-refractivity contribution in [1.29, 1.82) is 1.34 Å². The Labute approximate surface area is 79.7 Å². The maximum absolute atomic E-state index is 6.82. The van der Waals surface area contributed by atoms with Gasteiger partial charge in [-0.1, -0.05) is 24.3 Å². The molecule has 0 amide bonds. The Morgan fingerprint density at radius 3 is 3.25 bits per heavy atom. The van der Waals surface area contributed by atoms with Crippen molar-refractivity contribution >= 4 is 19.0 Å². The predicted molar refractivity (Wildman–Crippen MR) is 55.7 cm³/mol. The highest BCUT2D eigenvalue weighted by Gasteiger charge is 1.99. The van der Waals surface area contributed by atoms with Crippen molar-refractivity contribution in [1.82, 2.24) is 0 Å². The highest BCUT2D eigenvalue weighted by Crippen LogP contribution is 2.21. The molecule has 1 aromatic carbocycles. The standard InChI is InChI=1S/C9H10BOS/c1-2-5-8-6-3-4-7-9(8)11-12-10/h2-4,6-7,10H,1,5H2/i10T. The van der Waals surface area contributed by atoms with Crippen LogP contribution in [0.2, 0.25) is 0 Å². The van der Waals surface area contributed by atoms with Crippen LogP contribution in [0.3, 0.4) is 0 Å². The van der Waals surface area contributed by atoms with Gasteiger partial charge in [-0.3, -0.25) is 0 Å². The van der Waals surface area contributed by atoms with Crippen molar-refractivity contribution < 1.29 is 4.18 Å². The number of benzene rings is 1. The van der Waals surface area contributed by atoms with Gasteiger partial charge in [0.1, 0.15) is 5.75 Å². The van der Waals surface area contributed by atoms with Crippen molar-refractivity contribution in [2.75, 3.05) is 0 Å². The van der Waals surface area contributed by atoms with E-state index in [9.17, 15) is 0 Å². The van der Waals surface area contributed by atoms with E-state index in [2.05, 4.69) is 6.58 Å². The van der Waals surface area contributed by atoms with Crippen molar-refractivity contribution in [2.45, 2.75) is 6.42 Å². The van der Waals surface area contributed by atoms with Crippen LogP contribution in [0, 0.1) is 0 Å². The normalized spacial score (nSPS) is 10.2. The molecule has 1 nitrogen and oxygen atoms in total. The smallest absolute Gasteiger partial charge is 0.227 e. The molecule has 0 aliphatic rings. The highest BCUT2D eigenvalue weighted by atomic mass is 32.2. The van der Waals surface area contributed by atoms with Gasteiger partial charge in [0.05, 0.1) is 0 Å². The largest absolute Gasteiger partial charge is 0.439 e. The van der Waals surface area contributed by atoms with E-state index >= 15 is 0 Å². The third-order valence-electron chi connectivity index (χ3n) is 1.47. The zero-order valence-corrected chi connectivity index (χ0v) is 7.51. The van der Waals surface area contributed by atoms with Gasteiger partial charge in [-0.25, -0.2) is 0 Å². The third-order valence-corrected chi connectivity index (χ3v) is 1.75. The second-order valence-electron chi connectivity index (χ2n) is 2.28. The summed E-state index contributed by atoms with van der Waals surface area (Å²) in [6, 6.07) is 7.74. The maximum atomic E-state index is 6.82. The van der Waals surface area contributed by atoms with E-state index in [1.165, 1.54) is 0 Å². The zero-order valence-electron chi connectivity index (χ0n) is 7.69. The van der Waals surface area contributed by atoms with Gasteiger partial charge >= 0.3 is 0 Å². The van der Waals surface area contributed by atoms with Gasteiger partial charge in [0.2, 0.25) is 7.09 Å². The van der Waals surface area contributed by atoms with Gasteiger partial charge < -0.3 is 4.18 Å². The molecule has 0 spiro atoms. The van der Waals surface area contributed by atoms with E-state index in [0.29, 0.717) is 0 Å². The molecule has 1 aromatic rings. The van der Waals surface area contributed by atoms with Crippen molar-refractivity contribution in [3.63, 3.8) is 0 Å². The number of allylic oxidation sites excluding steroid dienone is 1.